The minimum Gasteiger partial charge on any atom is -0.363 e. The van der Waals surface area contributed by atoms with E-state index in [9.17, 15) is 0 Å². The fourth-order valence-corrected chi connectivity index (χ4v) is 7.90. The van der Waals surface area contributed by atoms with Gasteiger partial charge in [-0.2, -0.15) is 0 Å². The van der Waals surface area contributed by atoms with Crippen molar-refractivity contribution < 1.29 is 9.22 Å². The monoisotopic (exact) mass is 525 g/mol. The number of hydrogen-bond donors (Lipinski definition) is 0. The molecule has 40 heavy (non-hydrogen) atoms. The van der Waals surface area contributed by atoms with Gasteiger partial charge in [-0.15, -0.1) is 13.2 Å². The summed E-state index contributed by atoms with van der Waals surface area (Å²) in [6.45, 7) is 12.1. The number of fused-ring (bicyclic) bond motifs is 6. The molecule has 3 heteroatoms. The predicted octanol–water partition coefficient (Wildman–Crippen LogP) is 8.40. The molecule has 3 nitrogen and oxygen atoms in total. The molecule has 3 aliphatic heterocycles. The van der Waals surface area contributed by atoms with E-state index in [0.29, 0.717) is 24.5 Å². The van der Waals surface area contributed by atoms with Crippen molar-refractivity contribution in [1.29, 1.82) is 0 Å². The third-order valence-electron chi connectivity index (χ3n) is 9.76. The smallest absolute Gasteiger partial charge is 0.135 e. The zero-order valence-corrected chi connectivity index (χ0v) is 23.1. The van der Waals surface area contributed by atoms with Crippen LogP contribution >= 0.6 is 0 Å². The summed E-state index contributed by atoms with van der Waals surface area (Å²) in [5, 5.41) is 6.56. The average molecular weight is 526 g/mol. The fraction of sp³-hybridized carbons (Fsp3) is 0.270. The van der Waals surface area contributed by atoms with Crippen molar-refractivity contribution in [3.8, 4) is 0 Å². The highest BCUT2D eigenvalue weighted by molar-refractivity contribution is 6.02. The van der Waals surface area contributed by atoms with E-state index in [1.165, 1.54) is 44.5 Å². The molecule has 0 spiro atoms. The fourth-order valence-electron chi connectivity index (χ4n) is 7.90. The van der Waals surface area contributed by atoms with Crippen molar-refractivity contribution in [2.45, 2.75) is 31.5 Å². The summed E-state index contributed by atoms with van der Waals surface area (Å²) in [5.41, 5.74) is 3.74. The van der Waals surface area contributed by atoms with E-state index in [0.717, 1.165) is 36.1 Å². The second-order valence-electron chi connectivity index (χ2n) is 11.8. The number of piperidine rings is 3. The van der Waals surface area contributed by atoms with Crippen molar-refractivity contribution in [2.75, 3.05) is 19.7 Å². The Balaban J connectivity index is 1.41. The summed E-state index contributed by atoms with van der Waals surface area (Å²) in [6, 6.07) is 31.2. The Morgan fingerprint density at radius 2 is 1.60 bits per heavy atom. The second-order valence-corrected chi connectivity index (χ2v) is 11.8. The highest BCUT2D eigenvalue weighted by Gasteiger charge is 2.54. The molecular formula is C37H37N2O+. The molecule has 3 saturated heterocycles. The zero-order chi connectivity index (χ0) is 27.1. The van der Waals surface area contributed by atoms with Gasteiger partial charge >= 0.3 is 0 Å². The third-order valence-corrected chi connectivity index (χ3v) is 9.76. The Kier molecular flexibility index (Phi) is 6.50. The molecule has 1 aromatic heterocycles. The summed E-state index contributed by atoms with van der Waals surface area (Å²) in [7, 11) is 0. The second kappa shape index (κ2) is 10.3. The Morgan fingerprint density at radius 3 is 2.33 bits per heavy atom. The molecule has 3 fully saturated rings. The lowest BCUT2D eigenvalue weighted by Gasteiger charge is -2.58. The third kappa shape index (κ3) is 4.16. The van der Waals surface area contributed by atoms with E-state index in [4.69, 9.17) is 4.74 Å². The molecule has 0 N–H and O–H groups in total. The van der Waals surface area contributed by atoms with Crippen molar-refractivity contribution in [2.24, 2.45) is 11.8 Å². The van der Waals surface area contributed by atoms with Crippen molar-refractivity contribution in [3.05, 3.63) is 128 Å². The van der Waals surface area contributed by atoms with Gasteiger partial charge in [-0.25, -0.2) is 0 Å². The number of aromatic nitrogens is 1. The van der Waals surface area contributed by atoms with Crippen LogP contribution < -0.4 is 0 Å². The van der Waals surface area contributed by atoms with E-state index in [-0.39, 0.29) is 6.10 Å². The van der Waals surface area contributed by atoms with Crippen LogP contribution in [-0.2, 0) is 11.3 Å². The van der Waals surface area contributed by atoms with Gasteiger partial charge in [-0.3, -0.25) is 4.98 Å². The van der Waals surface area contributed by atoms with Gasteiger partial charge in [0, 0.05) is 35.9 Å². The van der Waals surface area contributed by atoms with E-state index < -0.39 is 0 Å². The maximum Gasteiger partial charge on any atom is 0.135 e. The SMILES string of the molecule is C=CCO[C@H](c1ccnc2ccccc12)C1CC2CC[N+]1(Cc1c3ccccc3cc3ccccc13)C[C@@H]2C=C. The summed E-state index contributed by atoms with van der Waals surface area (Å²) in [4.78, 5) is 4.68. The lowest BCUT2D eigenvalue weighted by atomic mass is 9.70. The molecule has 5 atom stereocenters. The molecule has 3 unspecified atom stereocenters. The van der Waals surface area contributed by atoms with Crippen LogP contribution in [0.5, 0.6) is 0 Å². The number of nitrogens with zero attached hydrogens (tertiary/aromatic N) is 2. The first-order valence-electron chi connectivity index (χ1n) is 14.6. The molecule has 0 radical (unpaired) electrons. The van der Waals surface area contributed by atoms with E-state index in [1.807, 2.05) is 12.3 Å². The first kappa shape index (κ1) is 25.2. The van der Waals surface area contributed by atoms with Gasteiger partial charge in [-0.1, -0.05) is 78.9 Å². The Labute approximate surface area is 237 Å². The molecule has 0 aliphatic carbocycles. The minimum atomic E-state index is -0.0410. The number of benzene rings is 4. The van der Waals surface area contributed by atoms with Crippen LogP contribution in [0.4, 0.5) is 0 Å². The van der Waals surface area contributed by atoms with Crippen molar-refractivity contribution in [3.63, 3.8) is 0 Å². The van der Waals surface area contributed by atoms with Gasteiger partial charge in [0.05, 0.1) is 25.2 Å². The normalized spacial score (nSPS) is 24.9. The minimum absolute atomic E-state index is 0.0410. The predicted molar refractivity (Wildman–Crippen MR) is 166 cm³/mol. The molecule has 0 saturated carbocycles. The van der Waals surface area contributed by atoms with Crippen LogP contribution in [-0.4, -0.2) is 35.2 Å². The molecule has 200 valence electrons. The lowest BCUT2D eigenvalue weighted by Crippen LogP contribution is -2.67. The molecule has 0 amide bonds. The number of pyridine rings is 1. The first-order valence-corrected chi connectivity index (χ1v) is 14.6. The number of para-hydroxylation sites is 1. The standard InChI is InChI=1S/C37H37N2O/c1-3-21-40-37(33-17-19-38-35-16-10-9-15-32(33)35)36-23-27-18-20-39(36,24-26(27)4-2)25-34-30-13-7-5-11-28(30)22-29-12-6-8-14-31(29)34/h3-17,19,22,26-27,36-37H,1-2,18,20-21,23-25H2/q+1/t26-,27?,36?,37+,39?/m0/s1. The maximum absolute atomic E-state index is 6.80. The van der Waals surface area contributed by atoms with E-state index >= 15 is 0 Å². The molecule has 3 aliphatic rings. The topological polar surface area (TPSA) is 22.1 Å². The van der Waals surface area contributed by atoms with E-state index in [1.54, 1.807) is 0 Å². The maximum atomic E-state index is 6.80. The van der Waals surface area contributed by atoms with E-state index in [2.05, 4.69) is 109 Å². The van der Waals surface area contributed by atoms with Crippen molar-refractivity contribution in [1.82, 2.24) is 4.98 Å². The highest BCUT2D eigenvalue weighted by atomic mass is 16.5. The Hall–Kier alpha value is -3.79. The molecule has 4 heterocycles. The van der Waals surface area contributed by atoms with Crippen LogP contribution in [0.3, 0.4) is 0 Å². The highest BCUT2D eigenvalue weighted by Crippen LogP contribution is 2.50. The van der Waals surface area contributed by atoms with Gasteiger partial charge in [0.2, 0.25) is 0 Å². The Bertz CT molecular complexity index is 1670. The first-order chi connectivity index (χ1) is 19.7. The van der Waals surface area contributed by atoms with Gasteiger partial charge < -0.3 is 9.22 Å². The van der Waals surface area contributed by atoms with Gasteiger partial charge in [-0.05, 0) is 51.2 Å². The average Bonchev–Trinajstić information content (AvgIpc) is 3.01. The number of quaternary nitrogens is 1. The van der Waals surface area contributed by atoms with Crippen LogP contribution in [0.15, 0.2) is 116 Å². The molecule has 4 aromatic carbocycles. The number of ether oxygens (including phenoxy) is 1. The van der Waals surface area contributed by atoms with Gasteiger partial charge in [0.1, 0.15) is 18.7 Å². The summed E-state index contributed by atoms with van der Waals surface area (Å²) in [6.07, 6.45) is 8.41. The van der Waals surface area contributed by atoms with Crippen molar-refractivity contribution >= 4 is 32.4 Å². The van der Waals surface area contributed by atoms with Gasteiger partial charge in [0.25, 0.3) is 0 Å². The largest absolute Gasteiger partial charge is 0.363 e. The van der Waals surface area contributed by atoms with Crippen LogP contribution in [0, 0.1) is 11.8 Å². The quantitative estimate of drug-likeness (QED) is 0.115. The molecular weight excluding hydrogens is 488 g/mol. The van der Waals surface area contributed by atoms with Crippen LogP contribution in [0.2, 0.25) is 0 Å². The summed E-state index contributed by atoms with van der Waals surface area (Å²) >= 11 is 0. The molecule has 8 rings (SSSR count). The van der Waals surface area contributed by atoms with Gasteiger partial charge in [0.15, 0.2) is 0 Å². The molecule has 5 aromatic rings. The van der Waals surface area contributed by atoms with Crippen LogP contribution in [0.25, 0.3) is 32.4 Å². The zero-order valence-electron chi connectivity index (χ0n) is 23.1. The molecule has 2 bridgehead atoms. The summed E-state index contributed by atoms with van der Waals surface area (Å²) in [5.74, 6) is 1.18. The Morgan fingerprint density at radius 1 is 0.900 bits per heavy atom. The van der Waals surface area contributed by atoms with Crippen LogP contribution in [0.1, 0.15) is 30.1 Å². The number of hydrogen-bond acceptors (Lipinski definition) is 2. The summed E-state index contributed by atoms with van der Waals surface area (Å²) < 4.78 is 7.81. The number of rotatable bonds is 8. The lowest BCUT2D eigenvalue weighted by molar-refractivity contribution is -0.984.